The van der Waals surface area contributed by atoms with Crippen molar-refractivity contribution in [2.75, 3.05) is 13.2 Å². The number of aromatic nitrogens is 5. The summed E-state index contributed by atoms with van der Waals surface area (Å²) in [7, 11) is 0. The molecule has 10 heteroatoms. The second kappa shape index (κ2) is 9.85. The van der Waals surface area contributed by atoms with E-state index in [1.807, 2.05) is 39.1 Å². The van der Waals surface area contributed by atoms with Crippen LogP contribution < -0.4 is 5.32 Å². The Kier molecular flexibility index (Phi) is 6.59. The van der Waals surface area contributed by atoms with Gasteiger partial charge in [0.15, 0.2) is 0 Å². The molecule has 0 aliphatic carbocycles. The smallest absolute Gasteiger partial charge is 0.264 e. The Morgan fingerprint density at radius 1 is 1.16 bits per heavy atom. The number of nitrogens with zero attached hydrogens (tertiary/aromatic N) is 5. The lowest BCUT2D eigenvalue weighted by molar-refractivity contribution is 0.0949. The molecule has 0 atom stereocenters. The molecule has 192 valence electrons. The minimum absolute atomic E-state index is 0.0375. The summed E-state index contributed by atoms with van der Waals surface area (Å²) in [5.41, 5.74) is 4.28. The van der Waals surface area contributed by atoms with Crippen LogP contribution in [0.25, 0.3) is 22.3 Å². The van der Waals surface area contributed by atoms with Gasteiger partial charge in [0.2, 0.25) is 0 Å². The van der Waals surface area contributed by atoms with Gasteiger partial charge in [0.1, 0.15) is 6.33 Å². The zero-order valence-corrected chi connectivity index (χ0v) is 20.9. The van der Waals surface area contributed by atoms with E-state index in [4.69, 9.17) is 4.74 Å². The third-order valence-corrected chi connectivity index (χ3v) is 6.37. The first kappa shape index (κ1) is 24.8. The number of alkyl halides is 2. The zero-order chi connectivity index (χ0) is 26.2. The van der Waals surface area contributed by atoms with Gasteiger partial charge in [-0.15, -0.1) is 0 Å². The molecule has 1 N–H and O–H groups in total. The molecule has 8 nitrogen and oxygen atoms in total. The topological polar surface area (TPSA) is 86.3 Å². The highest BCUT2D eigenvalue weighted by atomic mass is 19.3. The summed E-state index contributed by atoms with van der Waals surface area (Å²) in [4.78, 5) is 17.0. The predicted molar refractivity (Wildman–Crippen MR) is 135 cm³/mol. The van der Waals surface area contributed by atoms with Gasteiger partial charge in [0, 0.05) is 30.1 Å². The van der Waals surface area contributed by atoms with Crippen molar-refractivity contribution in [3.05, 3.63) is 77.5 Å². The molecule has 0 saturated heterocycles. The molecule has 0 unspecified atom stereocenters. The van der Waals surface area contributed by atoms with E-state index < -0.39 is 6.43 Å². The van der Waals surface area contributed by atoms with E-state index in [-0.39, 0.29) is 23.6 Å². The van der Waals surface area contributed by atoms with Crippen LogP contribution in [0, 0.1) is 0 Å². The number of hydrogen-bond acceptors (Lipinski definition) is 5. The van der Waals surface area contributed by atoms with Gasteiger partial charge in [0.05, 0.1) is 41.7 Å². The molecule has 1 aliphatic rings. The van der Waals surface area contributed by atoms with Crippen LogP contribution in [0.2, 0.25) is 0 Å². The summed E-state index contributed by atoms with van der Waals surface area (Å²) < 4.78 is 37.0. The second-order valence-electron chi connectivity index (χ2n) is 9.96. The van der Waals surface area contributed by atoms with Crippen LogP contribution in [0.15, 0.2) is 55.3 Å². The van der Waals surface area contributed by atoms with Crippen molar-refractivity contribution < 1.29 is 18.3 Å². The van der Waals surface area contributed by atoms with Crippen molar-refractivity contribution >= 4 is 17.0 Å². The molecule has 3 aromatic heterocycles. The number of carbonyl (C=O) groups excluding carboxylic acids is 1. The lowest BCUT2D eigenvalue weighted by Crippen LogP contribution is -2.24. The summed E-state index contributed by atoms with van der Waals surface area (Å²) >= 11 is 0. The van der Waals surface area contributed by atoms with Crippen LogP contribution in [0.5, 0.6) is 0 Å². The van der Waals surface area contributed by atoms with Gasteiger partial charge >= 0.3 is 0 Å². The fourth-order valence-corrected chi connectivity index (χ4v) is 4.31. The first-order chi connectivity index (χ1) is 17.7. The predicted octanol–water partition coefficient (Wildman–Crippen LogP) is 5.02. The van der Waals surface area contributed by atoms with Crippen molar-refractivity contribution in [1.82, 2.24) is 29.7 Å². The highest BCUT2D eigenvalue weighted by Gasteiger charge is 2.20. The van der Waals surface area contributed by atoms with Gasteiger partial charge in [-0.1, -0.05) is 18.2 Å². The van der Waals surface area contributed by atoms with Crippen LogP contribution in [-0.4, -0.2) is 43.5 Å². The van der Waals surface area contributed by atoms with Crippen molar-refractivity contribution in [2.24, 2.45) is 0 Å². The first-order valence-corrected chi connectivity index (χ1v) is 12.1. The molecule has 1 aliphatic heterocycles. The number of carbonyl (C=O) groups is 1. The molecular weight excluding hydrogens is 478 g/mol. The summed E-state index contributed by atoms with van der Waals surface area (Å²) in [6, 6.07) is 6.76. The van der Waals surface area contributed by atoms with Crippen LogP contribution >= 0.6 is 0 Å². The Labute approximate surface area is 213 Å². The normalized spacial score (nSPS) is 14.3. The minimum Gasteiger partial charge on any atom is -0.377 e. The Bertz CT molecular complexity index is 1480. The summed E-state index contributed by atoms with van der Waals surface area (Å²) in [5, 5.41) is 11.3. The summed E-state index contributed by atoms with van der Waals surface area (Å²) in [6.07, 6.45) is 6.57. The molecular formula is C27H28F2N6O2. The van der Waals surface area contributed by atoms with Crippen LogP contribution in [-0.2, 0) is 16.8 Å². The highest BCUT2D eigenvalue weighted by molar-refractivity contribution is 5.93. The average molecular weight is 507 g/mol. The standard InChI is InChI=1S/C27H28F2N6O2/c1-27(2,3)35-15-21(13-32-35)26(36)30-12-19-5-4-18(10-22(19)25(28)29)24-23-11-20(14-34(23)33-16-31-24)17-6-8-37-9-7-17/h4-6,10-11,13-16,25H,7-9,12H2,1-3H3,(H,30,36). The Morgan fingerprint density at radius 2 is 2.00 bits per heavy atom. The molecule has 4 aromatic rings. The van der Waals surface area contributed by atoms with Crippen LogP contribution in [0.3, 0.4) is 0 Å². The van der Waals surface area contributed by atoms with E-state index in [1.165, 1.54) is 18.6 Å². The zero-order valence-electron chi connectivity index (χ0n) is 20.9. The third kappa shape index (κ3) is 5.15. The number of fused-ring (bicyclic) bond motifs is 1. The lowest BCUT2D eigenvalue weighted by atomic mass is 10.0. The van der Waals surface area contributed by atoms with Crippen molar-refractivity contribution in [3.8, 4) is 11.3 Å². The summed E-state index contributed by atoms with van der Waals surface area (Å²) in [6.45, 7) is 7.10. The Hall–Kier alpha value is -3.92. The number of amides is 1. The van der Waals surface area contributed by atoms with Crippen molar-refractivity contribution in [2.45, 2.75) is 45.7 Å². The number of nitrogens with one attached hydrogen (secondary N) is 1. The van der Waals surface area contributed by atoms with Crippen molar-refractivity contribution in [3.63, 3.8) is 0 Å². The van der Waals surface area contributed by atoms with Crippen LogP contribution in [0.4, 0.5) is 8.78 Å². The maximum Gasteiger partial charge on any atom is 0.264 e. The average Bonchev–Trinajstić information content (AvgIpc) is 3.55. The molecule has 0 bridgehead atoms. The van der Waals surface area contributed by atoms with Crippen LogP contribution in [0.1, 0.15) is 60.7 Å². The maximum atomic E-state index is 14.1. The number of hydrogen-bond donors (Lipinski definition) is 1. The molecule has 37 heavy (non-hydrogen) atoms. The quantitative estimate of drug-likeness (QED) is 0.397. The minimum atomic E-state index is -2.72. The molecule has 5 rings (SSSR count). The van der Waals surface area contributed by atoms with E-state index in [2.05, 4.69) is 20.5 Å². The third-order valence-electron chi connectivity index (χ3n) is 6.37. The van der Waals surface area contributed by atoms with Crippen molar-refractivity contribution in [1.29, 1.82) is 0 Å². The summed E-state index contributed by atoms with van der Waals surface area (Å²) in [5.74, 6) is -0.375. The van der Waals surface area contributed by atoms with E-state index in [9.17, 15) is 13.6 Å². The Morgan fingerprint density at radius 3 is 2.70 bits per heavy atom. The number of rotatable bonds is 6. The second-order valence-corrected chi connectivity index (χ2v) is 9.96. The SMILES string of the molecule is CC(C)(C)n1cc(C(=O)NCc2ccc(-c3ncnn4cc(C5=CCOCC5)cc34)cc2C(F)F)cn1. The molecule has 4 heterocycles. The molecule has 0 radical (unpaired) electrons. The van der Waals surface area contributed by atoms with Gasteiger partial charge in [-0.2, -0.15) is 10.2 Å². The number of halogens is 2. The maximum absolute atomic E-state index is 14.1. The van der Waals surface area contributed by atoms with E-state index in [0.29, 0.717) is 35.6 Å². The largest absolute Gasteiger partial charge is 0.377 e. The lowest BCUT2D eigenvalue weighted by Gasteiger charge is -2.18. The van der Waals surface area contributed by atoms with E-state index >= 15 is 0 Å². The van der Waals surface area contributed by atoms with Gasteiger partial charge in [-0.3, -0.25) is 9.48 Å². The fourth-order valence-electron chi connectivity index (χ4n) is 4.31. The van der Waals surface area contributed by atoms with Gasteiger partial charge in [-0.05, 0) is 56.0 Å². The number of ether oxygens (including phenoxy) is 1. The highest BCUT2D eigenvalue weighted by Crippen LogP contribution is 2.32. The molecule has 0 fully saturated rings. The van der Waals surface area contributed by atoms with Gasteiger partial charge in [0.25, 0.3) is 12.3 Å². The Balaban J connectivity index is 1.40. The number of benzene rings is 1. The molecule has 1 amide bonds. The fraction of sp³-hybridized carbons (Fsp3) is 0.333. The molecule has 0 spiro atoms. The molecule has 1 aromatic carbocycles. The van der Waals surface area contributed by atoms with E-state index in [1.54, 1.807) is 27.5 Å². The monoisotopic (exact) mass is 506 g/mol. The molecule has 0 saturated carbocycles. The van der Waals surface area contributed by atoms with Gasteiger partial charge in [-0.25, -0.2) is 18.3 Å². The van der Waals surface area contributed by atoms with Gasteiger partial charge < -0.3 is 10.1 Å². The first-order valence-electron chi connectivity index (χ1n) is 12.1. The van der Waals surface area contributed by atoms with E-state index in [0.717, 1.165) is 23.1 Å².